The Morgan fingerprint density at radius 3 is 2.50 bits per heavy atom. The number of benzene rings is 2. The number of aliphatic imine (C=N–C) groups is 1. The Balaban J connectivity index is 2.14. The molecule has 148 valence electrons. The minimum Gasteiger partial charge on any atom is -0.487 e. The molecule has 2 rings (SSSR count). The molecule has 2 aromatic carbocycles. The van der Waals surface area contributed by atoms with Gasteiger partial charge in [0.15, 0.2) is 0 Å². The second kappa shape index (κ2) is 11.1. The number of halogens is 1. The van der Waals surface area contributed by atoms with Crippen molar-refractivity contribution in [2.45, 2.75) is 19.3 Å². The zero-order chi connectivity index (χ0) is 20.4. The van der Waals surface area contributed by atoms with E-state index in [1.807, 2.05) is 30.3 Å². The van der Waals surface area contributed by atoms with Crippen LogP contribution < -0.4 is 4.74 Å². The summed E-state index contributed by atoms with van der Waals surface area (Å²) in [5.74, 6) is 0.473. The van der Waals surface area contributed by atoms with Gasteiger partial charge in [-0.05, 0) is 43.6 Å². The molecule has 0 unspecified atom stereocenters. The summed E-state index contributed by atoms with van der Waals surface area (Å²) in [6.45, 7) is 0.263. The van der Waals surface area contributed by atoms with Crippen LogP contribution in [0.1, 0.15) is 19.3 Å². The molecule has 0 radical (unpaired) electrons. The number of nitrogens with zero attached hydrogens (tertiary/aromatic N) is 1. The smallest absolute Gasteiger partial charge is 0.293 e. The van der Waals surface area contributed by atoms with E-state index in [9.17, 15) is 13.0 Å². The quantitative estimate of drug-likeness (QED) is 0.232. The van der Waals surface area contributed by atoms with Gasteiger partial charge in [0.2, 0.25) is 0 Å². The summed E-state index contributed by atoms with van der Waals surface area (Å²) in [6.07, 6.45) is 3.39. The van der Waals surface area contributed by atoms with Gasteiger partial charge in [-0.25, -0.2) is 4.99 Å². The molecule has 1 N–H and O–H groups in total. The fraction of sp³-hybridized carbons (Fsp3) is 0.250. The van der Waals surface area contributed by atoms with Crippen molar-refractivity contribution in [3.8, 4) is 16.9 Å². The maximum absolute atomic E-state index is 11.7. The molecule has 0 saturated heterocycles. The van der Waals surface area contributed by atoms with Crippen LogP contribution in [0.15, 0.2) is 64.5 Å². The van der Waals surface area contributed by atoms with Gasteiger partial charge in [-0.15, -0.1) is 0 Å². The van der Waals surface area contributed by atoms with Gasteiger partial charge in [0, 0.05) is 22.7 Å². The average Bonchev–Trinajstić information content (AvgIpc) is 2.66. The van der Waals surface area contributed by atoms with Crippen molar-refractivity contribution in [3.05, 3.63) is 64.5 Å². The number of allylic oxidation sites excluding steroid dienone is 1. The normalized spacial score (nSPS) is 11.7. The standard InChI is InChI=1S/C20H20ClNO4S2/c21-19-11-5-3-9-17(19)18-10-4-6-12-20(18)26-14-16(28(23,24)25)8-2-1-7-13-22-15-27/h3-6,8-12H,1-2,7,13-14H2,(H,23,24,25). The van der Waals surface area contributed by atoms with Crippen molar-refractivity contribution in [1.29, 1.82) is 0 Å². The van der Waals surface area contributed by atoms with Gasteiger partial charge in [0.1, 0.15) is 17.3 Å². The average molecular weight is 438 g/mol. The van der Waals surface area contributed by atoms with Gasteiger partial charge in [-0.1, -0.05) is 54.1 Å². The van der Waals surface area contributed by atoms with Crippen LogP contribution in [-0.4, -0.2) is 31.3 Å². The van der Waals surface area contributed by atoms with Crippen molar-refractivity contribution in [2.75, 3.05) is 13.2 Å². The SMILES string of the molecule is O=S(=O)(O)C(=CCCCCN=C=S)COc1ccccc1-c1ccccc1Cl. The lowest BCUT2D eigenvalue weighted by Crippen LogP contribution is -2.11. The molecule has 0 aliphatic rings. The highest BCUT2D eigenvalue weighted by molar-refractivity contribution is 7.89. The fourth-order valence-electron chi connectivity index (χ4n) is 2.53. The zero-order valence-corrected chi connectivity index (χ0v) is 17.4. The molecule has 0 aliphatic carbocycles. The number of hydrogen-bond acceptors (Lipinski definition) is 5. The number of unbranched alkanes of at least 4 members (excludes halogenated alkanes) is 2. The molecule has 2 aromatic rings. The molecule has 28 heavy (non-hydrogen) atoms. The van der Waals surface area contributed by atoms with Crippen molar-refractivity contribution in [1.82, 2.24) is 0 Å². The Morgan fingerprint density at radius 1 is 1.14 bits per heavy atom. The minimum atomic E-state index is -4.36. The maximum atomic E-state index is 11.7. The first kappa shape index (κ1) is 22.3. The molecule has 0 saturated carbocycles. The van der Waals surface area contributed by atoms with E-state index in [2.05, 4.69) is 22.4 Å². The van der Waals surface area contributed by atoms with Gasteiger partial charge >= 0.3 is 0 Å². The van der Waals surface area contributed by atoms with Crippen LogP contribution in [0.3, 0.4) is 0 Å². The summed E-state index contributed by atoms with van der Waals surface area (Å²) >= 11 is 10.8. The number of hydrogen-bond donors (Lipinski definition) is 1. The Kier molecular flexibility index (Phi) is 8.83. The number of thiocarbonyl (C=S) groups is 1. The van der Waals surface area contributed by atoms with Gasteiger partial charge in [-0.3, -0.25) is 4.55 Å². The van der Waals surface area contributed by atoms with Crippen LogP contribution >= 0.6 is 23.8 Å². The van der Waals surface area contributed by atoms with Crippen LogP contribution in [0.5, 0.6) is 5.75 Å². The summed E-state index contributed by atoms with van der Waals surface area (Å²) in [4.78, 5) is 3.62. The third-order valence-corrected chi connectivity index (χ3v) is 5.32. The lowest BCUT2D eigenvalue weighted by Gasteiger charge is -2.13. The number of rotatable bonds is 10. The molecule has 0 aliphatic heterocycles. The molecule has 0 aromatic heterocycles. The number of ether oxygens (including phenoxy) is 1. The fourth-order valence-corrected chi connectivity index (χ4v) is 3.39. The summed E-state index contributed by atoms with van der Waals surface area (Å²) < 4.78 is 38.6. The third kappa shape index (κ3) is 6.86. The van der Waals surface area contributed by atoms with Crippen molar-refractivity contribution >= 4 is 39.1 Å². The molecular weight excluding hydrogens is 418 g/mol. The van der Waals surface area contributed by atoms with Gasteiger partial charge in [-0.2, -0.15) is 8.42 Å². The van der Waals surface area contributed by atoms with Crippen molar-refractivity contribution in [2.24, 2.45) is 4.99 Å². The molecule has 0 atom stereocenters. The Bertz CT molecular complexity index is 983. The molecule has 0 heterocycles. The Morgan fingerprint density at radius 2 is 1.82 bits per heavy atom. The summed E-state index contributed by atoms with van der Waals surface area (Å²) in [5.41, 5.74) is 1.51. The zero-order valence-electron chi connectivity index (χ0n) is 15.0. The highest BCUT2D eigenvalue weighted by Crippen LogP contribution is 2.34. The molecule has 8 heteroatoms. The van der Waals surface area contributed by atoms with Gasteiger partial charge in [0.25, 0.3) is 10.1 Å². The monoisotopic (exact) mass is 437 g/mol. The van der Waals surface area contributed by atoms with Crippen LogP contribution in [0.4, 0.5) is 0 Å². The molecular formula is C20H20ClNO4S2. The minimum absolute atomic E-state index is 0.181. The van der Waals surface area contributed by atoms with Gasteiger partial charge < -0.3 is 4.74 Å². The largest absolute Gasteiger partial charge is 0.487 e. The van der Waals surface area contributed by atoms with Crippen molar-refractivity contribution in [3.63, 3.8) is 0 Å². The number of para-hydroxylation sites is 1. The molecule has 5 nitrogen and oxygen atoms in total. The van der Waals surface area contributed by atoms with E-state index < -0.39 is 10.1 Å². The molecule has 0 bridgehead atoms. The van der Waals surface area contributed by atoms with E-state index in [0.717, 1.165) is 17.5 Å². The molecule has 0 fully saturated rings. The Labute approximate surface area is 175 Å². The Hall–Kier alpha value is -2.02. The first-order chi connectivity index (χ1) is 13.4. The van der Waals surface area contributed by atoms with E-state index in [1.54, 1.807) is 18.2 Å². The lowest BCUT2D eigenvalue weighted by molar-refractivity contribution is 0.355. The van der Waals surface area contributed by atoms with Crippen LogP contribution in [0.2, 0.25) is 5.02 Å². The third-order valence-electron chi connectivity index (χ3n) is 3.91. The highest BCUT2D eigenvalue weighted by atomic mass is 35.5. The van der Waals surface area contributed by atoms with E-state index in [-0.39, 0.29) is 11.5 Å². The first-order valence-corrected chi connectivity index (χ1v) is 10.8. The predicted molar refractivity (Wildman–Crippen MR) is 116 cm³/mol. The second-order valence-electron chi connectivity index (χ2n) is 5.88. The van der Waals surface area contributed by atoms with E-state index in [1.165, 1.54) is 6.08 Å². The predicted octanol–water partition coefficient (Wildman–Crippen LogP) is 5.43. The lowest BCUT2D eigenvalue weighted by atomic mass is 10.0. The van der Waals surface area contributed by atoms with E-state index in [4.69, 9.17) is 16.3 Å². The van der Waals surface area contributed by atoms with Crippen LogP contribution in [0.25, 0.3) is 11.1 Å². The summed E-state index contributed by atoms with van der Waals surface area (Å²) in [6, 6.07) is 14.5. The molecule has 0 amide bonds. The van der Waals surface area contributed by atoms with Gasteiger partial charge in [0.05, 0.1) is 5.16 Å². The van der Waals surface area contributed by atoms with E-state index >= 15 is 0 Å². The topological polar surface area (TPSA) is 76.0 Å². The van der Waals surface area contributed by atoms with E-state index in [0.29, 0.717) is 30.2 Å². The summed E-state index contributed by atoms with van der Waals surface area (Å²) in [7, 11) is -4.36. The maximum Gasteiger partial charge on any atom is 0.293 e. The molecule has 0 spiro atoms. The van der Waals surface area contributed by atoms with Crippen LogP contribution in [-0.2, 0) is 10.1 Å². The highest BCUT2D eigenvalue weighted by Gasteiger charge is 2.16. The first-order valence-electron chi connectivity index (χ1n) is 8.60. The second-order valence-corrected chi connectivity index (χ2v) is 7.94. The number of isothiocyanates is 1. The summed E-state index contributed by atoms with van der Waals surface area (Å²) in [5, 5.41) is 2.84. The van der Waals surface area contributed by atoms with Crippen molar-refractivity contribution < 1.29 is 17.7 Å². The van der Waals surface area contributed by atoms with Crippen LogP contribution in [0, 0.1) is 0 Å².